The van der Waals surface area contributed by atoms with Gasteiger partial charge in [-0.15, -0.1) is 0 Å². The lowest BCUT2D eigenvalue weighted by Gasteiger charge is -2.20. The summed E-state index contributed by atoms with van der Waals surface area (Å²) in [5, 5.41) is 10.6. The van der Waals surface area contributed by atoms with Crippen LogP contribution in [0.3, 0.4) is 0 Å². The maximum Gasteiger partial charge on any atom is 0.199 e. The van der Waals surface area contributed by atoms with Crippen molar-refractivity contribution < 1.29 is 9.90 Å². The van der Waals surface area contributed by atoms with Gasteiger partial charge in [0.25, 0.3) is 0 Å². The lowest BCUT2D eigenvalue weighted by molar-refractivity contribution is 0.0355. The van der Waals surface area contributed by atoms with E-state index in [4.69, 9.17) is 0 Å². The van der Waals surface area contributed by atoms with Crippen LogP contribution in [0.2, 0.25) is 0 Å². The molecular formula is C15H12O2. The van der Waals surface area contributed by atoms with Crippen molar-refractivity contribution in [1.29, 1.82) is 0 Å². The summed E-state index contributed by atoms with van der Waals surface area (Å²) in [5.41, 5.74) is 0.842. The van der Waals surface area contributed by atoms with Crippen molar-refractivity contribution in [2.75, 3.05) is 0 Å². The molecule has 0 saturated carbocycles. The molecule has 2 aromatic rings. The van der Waals surface area contributed by atoms with E-state index in [1.807, 2.05) is 36.4 Å². The van der Waals surface area contributed by atoms with Gasteiger partial charge in [0.2, 0.25) is 0 Å². The van der Waals surface area contributed by atoms with Crippen LogP contribution in [0, 0.1) is 0 Å². The number of carbonyl (C=O) groups is 1. The molecule has 17 heavy (non-hydrogen) atoms. The summed E-state index contributed by atoms with van der Waals surface area (Å²) in [7, 11) is 0. The van der Waals surface area contributed by atoms with E-state index in [1.165, 1.54) is 0 Å². The molecule has 0 saturated heterocycles. The molecule has 2 nitrogen and oxygen atoms in total. The maximum atomic E-state index is 12.3. The van der Waals surface area contributed by atoms with Crippen molar-refractivity contribution in [3.8, 4) is 0 Å². The molecule has 0 heterocycles. The second-order valence-corrected chi connectivity index (χ2v) is 4.39. The van der Waals surface area contributed by atoms with Crippen LogP contribution < -0.4 is 0 Å². The third kappa shape index (κ3) is 1.41. The van der Waals surface area contributed by atoms with E-state index in [2.05, 4.69) is 0 Å². The Morgan fingerprint density at radius 2 is 1.59 bits per heavy atom. The zero-order valence-electron chi connectivity index (χ0n) is 9.26. The minimum atomic E-state index is -1.38. The van der Waals surface area contributed by atoms with Crippen molar-refractivity contribution in [1.82, 2.24) is 0 Å². The summed E-state index contributed by atoms with van der Waals surface area (Å²) in [5.74, 6) is -0.195. The number of benzene rings is 2. The normalized spacial score (nSPS) is 22.5. The van der Waals surface area contributed by atoms with Crippen molar-refractivity contribution >= 4 is 5.78 Å². The predicted octanol–water partition coefficient (Wildman–Crippen LogP) is 2.31. The molecule has 1 atom stereocenters. The highest BCUT2D eigenvalue weighted by molar-refractivity contribution is 6.07. The molecule has 0 aliphatic heterocycles. The fraction of sp³-hybridized carbons (Fsp3) is 0.133. The average Bonchev–Trinajstić information content (AvgIpc) is 2.65. The van der Waals surface area contributed by atoms with Gasteiger partial charge in [0.1, 0.15) is 0 Å². The average molecular weight is 224 g/mol. The summed E-state index contributed by atoms with van der Waals surface area (Å²) in [6.07, 6.45) is 0.367. The molecule has 2 heteroatoms. The first-order valence-corrected chi connectivity index (χ1v) is 5.62. The van der Waals surface area contributed by atoms with E-state index in [9.17, 15) is 9.90 Å². The van der Waals surface area contributed by atoms with Gasteiger partial charge in [-0.25, -0.2) is 0 Å². The molecule has 0 amide bonds. The minimum Gasteiger partial charge on any atom is -0.377 e. The first-order valence-electron chi connectivity index (χ1n) is 5.62. The molecule has 1 N–H and O–H groups in total. The molecule has 3 rings (SSSR count). The zero-order chi connectivity index (χ0) is 11.9. The summed E-state index contributed by atoms with van der Waals surface area (Å²) in [4.78, 5) is 12.3. The van der Waals surface area contributed by atoms with Crippen molar-refractivity contribution in [3.63, 3.8) is 0 Å². The van der Waals surface area contributed by atoms with Crippen LogP contribution in [-0.4, -0.2) is 10.9 Å². The first kappa shape index (κ1) is 10.2. The number of rotatable bonds is 1. The third-order valence-corrected chi connectivity index (χ3v) is 3.34. The van der Waals surface area contributed by atoms with Gasteiger partial charge >= 0.3 is 0 Å². The molecule has 1 aliphatic carbocycles. The van der Waals surface area contributed by atoms with E-state index in [0.29, 0.717) is 17.5 Å². The number of aliphatic hydroxyl groups is 1. The molecular weight excluding hydrogens is 212 g/mol. The van der Waals surface area contributed by atoms with E-state index in [1.54, 1.807) is 18.2 Å². The fourth-order valence-corrected chi connectivity index (χ4v) is 2.42. The highest BCUT2D eigenvalue weighted by Gasteiger charge is 2.44. The largest absolute Gasteiger partial charge is 0.377 e. The number of fused-ring (bicyclic) bond motifs is 1. The third-order valence-electron chi connectivity index (χ3n) is 3.34. The topological polar surface area (TPSA) is 37.3 Å². The van der Waals surface area contributed by atoms with Gasteiger partial charge in [-0.3, -0.25) is 4.79 Å². The lowest BCUT2D eigenvalue weighted by Crippen LogP contribution is -2.32. The summed E-state index contributed by atoms with van der Waals surface area (Å²) in [6.45, 7) is 0. The molecule has 0 spiro atoms. The van der Waals surface area contributed by atoms with E-state index >= 15 is 0 Å². The van der Waals surface area contributed by atoms with Gasteiger partial charge in [-0.05, 0) is 11.1 Å². The Morgan fingerprint density at radius 1 is 0.941 bits per heavy atom. The number of ketones is 1. The van der Waals surface area contributed by atoms with Gasteiger partial charge in [-0.2, -0.15) is 0 Å². The number of hydrogen-bond acceptors (Lipinski definition) is 2. The lowest BCUT2D eigenvalue weighted by atomic mass is 9.90. The molecule has 0 fully saturated rings. The van der Waals surface area contributed by atoms with E-state index in [-0.39, 0.29) is 5.78 Å². The van der Waals surface area contributed by atoms with Crippen LogP contribution in [0.5, 0.6) is 0 Å². The Hall–Kier alpha value is -1.93. The van der Waals surface area contributed by atoms with Gasteiger partial charge in [0.05, 0.1) is 0 Å². The van der Waals surface area contributed by atoms with Crippen LogP contribution in [0.25, 0.3) is 0 Å². The molecule has 0 aromatic heterocycles. The SMILES string of the molecule is O=C1c2ccccc2CC1(O)c1ccccc1. The van der Waals surface area contributed by atoms with Crippen molar-refractivity contribution in [2.24, 2.45) is 0 Å². The van der Waals surface area contributed by atoms with Crippen LogP contribution in [0.15, 0.2) is 54.6 Å². The van der Waals surface area contributed by atoms with Gasteiger partial charge in [-0.1, -0.05) is 54.6 Å². The Bertz CT molecular complexity index is 574. The standard InChI is InChI=1S/C15H12O2/c16-14-13-9-5-4-6-11(13)10-15(14,17)12-7-2-1-3-8-12/h1-9,17H,10H2. The van der Waals surface area contributed by atoms with Crippen LogP contribution in [0.4, 0.5) is 0 Å². The Morgan fingerprint density at radius 3 is 2.29 bits per heavy atom. The number of carbonyl (C=O) groups excluding carboxylic acids is 1. The minimum absolute atomic E-state index is 0.195. The van der Waals surface area contributed by atoms with Gasteiger partial charge in [0, 0.05) is 12.0 Å². The van der Waals surface area contributed by atoms with Crippen LogP contribution in [-0.2, 0) is 12.0 Å². The predicted molar refractivity (Wildman–Crippen MR) is 64.8 cm³/mol. The highest BCUT2D eigenvalue weighted by atomic mass is 16.3. The first-order chi connectivity index (χ1) is 8.22. The molecule has 1 aliphatic rings. The van der Waals surface area contributed by atoms with E-state index < -0.39 is 5.60 Å². The number of hydrogen-bond donors (Lipinski definition) is 1. The molecule has 84 valence electrons. The Kier molecular flexibility index (Phi) is 2.13. The molecule has 0 bridgehead atoms. The Balaban J connectivity index is 2.12. The summed E-state index contributed by atoms with van der Waals surface area (Å²) < 4.78 is 0. The maximum absolute atomic E-state index is 12.3. The molecule has 2 aromatic carbocycles. The van der Waals surface area contributed by atoms with Gasteiger partial charge < -0.3 is 5.11 Å². The number of Topliss-reactive ketones (excluding diaryl/α,β-unsaturated/α-hetero) is 1. The Labute approximate surface area is 99.5 Å². The summed E-state index contributed by atoms with van der Waals surface area (Å²) in [6, 6.07) is 16.5. The zero-order valence-corrected chi connectivity index (χ0v) is 9.26. The van der Waals surface area contributed by atoms with Crippen molar-refractivity contribution in [3.05, 3.63) is 71.3 Å². The van der Waals surface area contributed by atoms with Crippen LogP contribution in [0.1, 0.15) is 21.5 Å². The quantitative estimate of drug-likeness (QED) is 0.807. The monoisotopic (exact) mass is 224 g/mol. The fourth-order valence-electron chi connectivity index (χ4n) is 2.42. The molecule has 1 unspecified atom stereocenters. The smallest absolute Gasteiger partial charge is 0.199 e. The summed E-state index contributed by atoms with van der Waals surface area (Å²) >= 11 is 0. The van der Waals surface area contributed by atoms with Crippen molar-refractivity contribution in [2.45, 2.75) is 12.0 Å². The highest BCUT2D eigenvalue weighted by Crippen LogP contribution is 2.37. The second-order valence-electron chi connectivity index (χ2n) is 4.39. The van der Waals surface area contributed by atoms with E-state index in [0.717, 1.165) is 5.56 Å². The molecule has 0 radical (unpaired) electrons. The van der Waals surface area contributed by atoms with Crippen LogP contribution >= 0.6 is 0 Å². The van der Waals surface area contributed by atoms with Gasteiger partial charge in [0.15, 0.2) is 11.4 Å². The second kappa shape index (κ2) is 3.54.